The van der Waals surface area contributed by atoms with Gasteiger partial charge in [-0.3, -0.25) is 0 Å². The summed E-state index contributed by atoms with van der Waals surface area (Å²) in [6.07, 6.45) is 8.17. The third kappa shape index (κ3) is 2.84. The summed E-state index contributed by atoms with van der Waals surface area (Å²) in [6.45, 7) is 2.29. The molecular weight excluding hydrogens is 180 g/mol. The fraction of sp³-hybridized carbons (Fsp3) is 0.533. The van der Waals surface area contributed by atoms with Crippen LogP contribution in [0.15, 0.2) is 30.3 Å². The van der Waals surface area contributed by atoms with E-state index in [4.69, 9.17) is 0 Å². The number of benzene rings is 1. The first-order chi connectivity index (χ1) is 7.40. The normalized spacial score (nSPS) is 19.3. The molecule has 0 unspecified atom stereocenters. The zero-order valence-electron chi connectivity index (χ0n) is 9.71. The lowest BCUT2D eigenvalue weighted by Crippen LogP contribution is -2.11. The van der Waals surface area contributed by atoms with Crippen LogP contribution in [0.5, 0.6) is 0 Å². The van der Waals surface area contributed by atoms with Gasteiger partial charge in [-0.2, -0.15) is 0 Å². The Morgan fingerprint density at radius 2 is 1.73 bits per heavy atom. The van der Waals surface area contributed by atoms with Crippen LogP contribution < -0.4 is 0 Å². The Balaban J connectivity index is 1.88. The molecule has 0 saturated heterocycles. The van der Waals surface area contributed by atoms with Gasteiger partial charge in [0.2, 0.25) is 0 Å². The van der Waals surface area contributed by atoms with Crippen molar-refractivity contribution in [3.05, 3.63) is 41.8 Å². The van der Waals surface area contributed by atoms with Gasteiger partial charge in [-0.15, -0.1) is 0 Å². The molecule has 15 heavy (non-hydrogen) atoms. The Kier molecular flexibility index (Phi) is 3.82. The highest BCUT2D eigenvalue weighted by atomic mass is 14.3. The molecular formula is C15H21. The Morgan fingerprint density at radius 1 is 1.07 bits per heavy atom. The van der Waals surface area contributed by atoms with E-state index in [0.717, 1.165) is 5.92 Å². The van der Waals surface area contributed by atoms with Crippen molar-refractivity contribution in [3.63, 3.8) is 0 Å². The lowest BCUT2D eigenvalue weighted by molar-refractivity contribution is 0.448. The van der Waals surface area contributed by atoms with Gasteiger partial charge in [0.05, 0.1) is 0 Å². The largest absolute Gasteiger partial charge is 0.0654 e. The van der Waals surface area contributed by atoms with Gasteiger partial charge in [-0.1, -0.05) is 43.7 Å². The summed E-state index contributed by atoms with van der Waals surface area (Å²) in [5.41, 5.74) is 1.55. The summed E-state index contributed by atoms with van der Waals surface area (Å²) in [4.78, 5) is 0. The van der Waals surface area contributed by atoms with Gasteiger partial charge in [-0.05, 0) is 49.5 Å². The average Bonchev–Trinajstić information content (AvgIpc) is 2.32. The molecule has 0 atom stereocenters. The van der Waals surface area contributed by atoms with Gasteiger partial charge in [0, 0.05) is 0 Å². The van der Waals surface area contributed by atoms with Crippen molar-refractivity contribution in [3.8, 4) is 0 Å². The van der Waals surface area contributed by atoms with E-state index >= 15 is 0 Å². The van der Waals surface area contributed by atoms with Gasteiger partial charge < -0.3 is 0 Å². The van der Waals surface area contributed by atoms with Gasteiger partial charge in [0.25, 0.3) is 0 Å². The standard InChI is InChI=1S/C15H21/c1-2-6-13-9-11-15(12-10-13)14-7-4-3-5-8-14/h3-5,7-8,15H,2,6,9-12H2,1H3. The SMILES string of the molecule is CCC[C]1CCC(c2ccccc2)CC1. The lowest BCUT2D eigenvalue weighted by atomic mass is 9.77. The third-order valence-electron chi connectivity index (χ3n) is 3.57. The Morgan fingerprint density at radius 3 is 2.33 bits per heavy atom. The predicted molar refractivity (Wildman–Crippen MR) is 65.8 cm³/mol. The Labute approximate surface area is 93.7 Å². The molecule has 1 aliphatic carbocycles. The van der Waals surface area contributed by atoms with Crippen molar-refractivity contribution in [2.24, 2.45) is 0 Å². The molecule has 1 aromatic rings. The highest BCUT2D eigenvalue weighted by Crippen LogP contribution is 2.38. The van der Waals surface area contributed by atoms with Gasteiger partial charge in [0.15, 0.2) is 0 Å². The minimum Gasteiger partial charge on any atom is -0.0654 e. The molecule has 1 fully saturated rings. The minimum atomic E-state index is 0.826. The van der Waals surface area contributed by atoms with Gasteiger partial charge in [-0.25, -0.2) is 0 Å². The van der Waals surface area contributed by atoms with Crippen LogP contribution in [0.3, 0.4) is 0 Å². The summed E-state index contributed by atoms with van der Waals surface area (Å²) in [5, 5.41) is 0. The van der Waals surface area contributed by atoms with Crippen LogP contribution in [0.25, 0.3) is 0 Å². The maximum atomic E-state index is 2.29. The highest BCUT2D eigenvalue weighted by molar-refractivity contribution is 5.20. The molecule has 0 nitrogen and oxygen atoms in total. The quantitative estimate of drug-likeness (QED) is 0.664. The van der Waals surface area contributed by atoms with Crippen LogP contribution in [0, 0.1) is 5.92 Å². The molecule has 0 aromatic heterocycles. The van der Waals surface area contributed by atoms with E-state index in [1.54, 1.807) is 5.56 Å². The maximum absolute atomic E-state index is 2.29. The molecule has 1 saturated carbocycles. The van der Waals surface area contributed by atoms with Crippen LogP contribution in [0.1, 0.15) is 56.9 Å². The zero-order chi connectivity index (χ0) is 10.5. The van der Waals surface area contributed by atoms with Gasteiger partial charge in [0.1, 0.15) is 0 Å². The molecule has 0 heteroatoms. The second kappa shape index (κ2) is 5.34. The lowest BCUT2D eigenvalue weighted by Gasteiger charge is -2.28. The first-order valence-electron chi connectivity index (χ1n) is 6.28. The second-order valence-corrected chi connectivity index (χ2v) is 4.68. The molecule has 2 rings (SSSR count). The van der Waals surface area contributed by atoms with E-state index in [1.165, 1.54) is 38.5 Å². The monoisotopic (exact) mass is 201 g/mol. The highest BCUT2D eigenvalue weighted by Gasteiger charge is 2.21. The van der Waals surface area contributed by atoms with Crippen LogP contribution in [-0.2, 0) is 0 Å². The molecule has 1 aromatic carbocycles. The summed E-state index contributed by atoms with van der Waals surface area (Å²) in [7, 11) is 0. The van der Waals surface area contributed by atoms with Crippen molar-refractivity contribution in [1.82, 2.24) is 0 Å². The topological polar surface area (TPSA) is 0 Å². The molecule has 0 aliphatic heterocycles. The first-order valence-corrected chi connectivity index (χ1v) is 6.28. The number of hydrogen-bond donors (Lipinski definition) is 0. The molecule has 0 spiro atoms. The zero-order valence-corrected chi connectivity index (χ0v) is 9.71. The fourth-order valence-corrected chi connectivity index (χ4v) is 2.69. The fourth-order valence-electron chi connectivity index (χ4n) is 2.69. The Bertz CT molecular complexity index is 267. The number of hydrogen-bond acceptors (Lipinski definition) is 0. The number of rotatable bonds is 3. The van der Waals surface area contributed by atoms with E-state index < -0.39 is 0 Å². The molecule has 0 N–H and O–H groups in total. The molecule has 0 bridgehead atoms. The molecule has 0 heterocycles. The molecule has 1 radical (unpaired) electrons. The second-order valence-electron chi connectivity index (χ2n) is 4.68. The minimum absolute atomic E-state index is 0.826. The Hall–Kier alpha value is -0.780. The summed E-state index contributed by atoms with van der Waals surface area (Å²) in [6, 6.07) is 11.0. The maximum Gasteiger partial charge on any atom is -0.0162 e. The van der Waals surface area contributed by atoms with Gasteiger partial charge >= 0.3 is 0 Å². The van der Waals surface area contributed by atoms with Crippen molar-refractivity contribution < 1.29 is 0 Å². The van der Waals surface area contributed by atoms with E-state index in [0.29, 0.717) is 0 Å². The van der Waals surface area contributed by atoms with E-state index in [1.807, 2.05) is 5.92 Å². The van der Waals surface area contributed by atoms with E-state index in [9.17, 15) is 0 Å². The van der Waals surface area contributed by atoms with Crippen molar-refractivity contribution in [2.75, 3.05) is 0 Å². The van der Waals surface area contributed by atoms with E-state index in [2.05, 4.69) is 37.3 Å². The van der Waals surface area contributed by atoms with Crippen LogP contribution in [0.2, 0.25) is 0 Å². The predicted octanol–water partition coefficient (Wildman–Crippen LogP) is 4.72. The molecule has 0 amide bonds. The van der Waals surface area contributed by atoms with Crippen LogP contribution in [0.4, 0.5) is 0 Å². The average molecular weight is 201 g/mol. The van der Waals surface area contributed by atoms with Crippen LogP contribution >= 0.6 is 0 Å². The summed E-state index contributed by atoms with van der Waals surface area (Å²) >= 11 is 0. The third-order valence-corrected chi connectivity index (χ3v) is 3.57. The first kappa shape index (κ1) is 10.7. The molecule has 81 valence electrons. The smallest absolute Gasteiger partial charge is 0.0162 e. The van der Waals surface area contributed by atoms with Crippen LogP contribution in [-0.4, -0.2) is 0 Å². The molecule has 1 aliphatic rings. The van der Waals surface area contributed by atoms with Crippen molar-refractivity contribution in [1.29, 1.82) is 0 Å². The van der Waals surface area contributed by atoms with Crippen molar-refractivity contribution >= 4 is 0 Å². The summed E-state index contributed by atoms with van der Waals surface area (Å²) in [5.74, 6) is 2.64. The van der Waals surface area contributed by atoms with E-state index in [-0.39, 0.29) is 0 Å². The van der Waals surface area contributed by atoms with Crippen molar-refractivity contribution in [2.45, 2.75) is 51.4 Å². The summed E-state index contributed by atoms with van der Waals surface area (Å²) < 4.78 is 0.